The van der Waals surface area contributed by atoms with Gasteiger partial charge in [-0.1, -0.05) is 49.4 Å². The fraction of sp³-hybridized carbons (Fsp3) is 0.400. The molecule has 0 aliphatic heterocycles. The van der Waals surface area contributed by atoms with Gasteiger partial charge in [0.25, 0.3) is 0 Å². The Morgan fingerprint density at radius 2 is 1.14 bits per heavy atom. The van der Waals surface area contributed by atoms with Crippen molar-refractivity contribution in [1.82, 2.24) is 0 Å². The van der Waals surface area contributed by atoms with Crippen LogP contribution in [0.3, 0.4) is 0 Å². The first kappa shape index (κ1) is 21.6. The van der Waals surface area contributed by atoms with E-state index in [1.54, 1.807) is 23.5 Å². The molecule has 0 spiro atoms. The SMILES string of the molecule is CCCCc1c(-c2ccc([N+](=O)[O-])s2)sc(-c2ccc([N+](=O)[O-])s2)c1CCCC. The van der Waals surface area contributed by atoms with Crippen LogP contribution in [0.1, 0.15) is 50.7 Å². The zero-order valence-corrected chi connectivity index (χ0v) is 18.8. The average Bonchev–Trinajstić information content (AvgIpc) is 3.42. The van der Waals surface area contributed by atoms with Crippen LogP contribution in [0.5, 0.6) is 0 Å². The minimum absolute atomic E-state index is 0.137. The van der Waals surface area contributed by atoms with Crippen molar-refractivity contribution in [1.29, 1.82) is 0 Å². The minimum Gasteiger partial charge on any atom is -0.258 e. The number of hydrogen-bond donors (Lipinski definition) is 0. The Morgan fingerprint density at radius 3 is 1.45 bits per heavy atom. The summed E-state index contributed by atoms with van der Waals surface area (Å²) in [5.41, 5.74) is 2.52. The van der Waals surface area contributed by atoms with E-state index in [0.717, 1.165) is 58.0 Å². The molecule has 0 aromatic carbocycles. The van der Waals surface area contributed by atoms with Crippen molar-refractivity contribution in [2.75, 3.05) is 0 Å². The van der Waals surface area contributed by atoms with Gasteiger partial charge in [-0.05, 0) is 48.9 Å². The molecular formula is C20H22N2O4S3. The van der Waals surface area contributed by atoms with Crippen LogP contribution in [0, 0.1) is 20.2 Å². The fourth-order valence-corrected chi connectivity index (χ4v) is 6.54. The quantitative estimate of drug-likeness (QED) is 0.234. The maximum absolute atomic E-state index is 11.2. The Bertz CT molecular complexity index is 940. The molecule has 3 aromatic rings. The van der Waals surface area contributed by atoms with Crippen LogP contribution in [0.4, 0.5) is 10.0 Å². The number of thiophene rings is 3. The molecule has 0 aliphatic carbocycles. The summed E-state index contributed by atoms with van der Waals surface area (Å²) in [5, 5.41) is 22.6. The lowest BCUT2D eigenvalue weighted by atomic mass is 9.97. The van der Waals surface area contributed by atoms with Gasteiger partial charge in [0.15, 0.2) is 0 Å². The molecule has 3 heterocycles. The first-order valence-corrected chi connectivity index (χ1v) is 12.0. The largest absolute Gasteiger partial charge is 0.324 e. The Kier molecular flexibility index (Phi) is 7.15. The molecule has 6 nitrogen and oxygen atoms in total. The van der Waals surface area contributed by atoms with E-state index >= 15 is 0 Å². The van der Waals surface area contributed by atoms with Crippen molar-refractivity contribution in [3.63, 3.8) is 0 Å². The predicted molar refractivity (Wildman–Crippen MR) is 121 cm³/mol. The minimum atomic E-state index is -0.352. The van der Waals surface area contributed by atoms with Crippen LogP contribution < -0.4 is 0 Å². The van der Waals surface area contributed by atoms with Gasteiger partial charge in [-0.25, -0.2) is 0 Å². The highest BCUT2D eigenvalue weighted by atomic mass is 32.1. The number of nitro groups is 2. The summed E-state index contributed by atoms with van der Waals surface area (Å²) in [4.78, 5) is 25.6. The summed E-state index contributed by atoms with van der Waals surface area (Å²) in [6.07, 6.45) is 6.04. The van der Waals surface area contributed by atoms with Gasteiger partial charge in [-0.2, -0.15) is 0 Å². The second kappa shape index (κ2) is 9.60. The lowest BCUT2D eigenvalue weighted by molar-refractivity contribution is -0.380. The smallest absolute Gasteiger partial charge is 0.258 e. The molecule has 3 rings (SSSR count). The van der Waals surface area contributed by atoms with E-state index in [9.17, 15) is 20.2 Å². The Hall–Kier alpha value is -2.10. The summed E-state index contributed by atoms with van der Waals surface area (Å²) in [7, 11) is 0. The molecule has 0 bridgehead atoms. The van der Waals surface area contributed by atoms with E-state index in [1.807, 2.05) is 12.1 Å². The zero-order chi connectivity index (χ0) is 21.0. The second-order valence-corrected chi connectivity index (χ2v) is 9.86. The van der Waals surface area contributed by atoms with E-state index in [4.69, 9.17) is 0 Å². The number of rotatable bonds is 10. The van der Waals surface area contributed by atoms with E-state index in [-0.39, 0.29) is 19.8 Å². The summed E-state index contributed by atoms with van der Waals surface area (Å²) in [6, 6.07) is 6.78. The van der Waals surface area contributed by atoms with Crippen LogP contribution in [-0.4, -0.2) is 9.85 Å². The highest BCUT2D eigenvalue weighted by Gasteiger charge is 2.24. The Morgan fingerprint density at radius 1 is 0.724 bits per heavy atom. The molecule has 9 heteroatoms. The van der Waals surface area contributed by atoms with Crippen LogP contribution >= 0.6 is 34.0 Å². The molecule has 0 saturated heterocycles. The molecule has 0 unspecified atom stereocenters. The van der Waals surface area contributed by atoms with Gasteiger partial charge in [-0.3, -0.25) is 20.2 Å². The van der Waals surface area contributed by atoms with E-state index < -0.39 is 0 Å². The molecule has 0 saturated carbocycles. The molecule has 0 atom stereocenters. The zero-order valence-electron chi connectivity index (χ0n) is 16.3. The van der Waals surface area contributed by atoms with Gasteiger partial charge < -0.3 is 0 Å². The van der Waals surface area contributed by atoms with Gasteiger partial charge in [0.1, 0.15) is 0 Å². The molecule has 154 valence electrons. The Balaban J connectivity index is 2.15. The normalized spacial score (nSPS) is 11.1. The van der Waals surface area contributed by atoms with E-state index in [1.165, 1.54) is 33.8 Å². The van der Waals surface area contributed by atoms with Crippen LogP contribution in [0.25, 0.3) is 19.5 Å². The Labute approximate surface area is 181 Å². The van der Waals surface area contributed by atoms with Gasteiger partial charge in [-0.15, -0.1) is 11.3 Å². The van der Waals surface area contributed by atoms with Crippen molar-refractivity contribution in [2.24, 2.45) is 0 Å². The molecule has 29 heavy (non-hydrogen) atoms. The van der Waals surface area contributed by atoms with E-state index in [2.05, 4.69) is 13.8 Å². The van der Waals surface area contributed by atoms with Crippen LogP contribution in [0.2, 0.25) is 0 Å². The van der Waals surface area contributed by atoms with Crippen molar-refractivity contribution >= 4 is 44.0 Å². The highest BCUT2D eigenvalue weighted by Crippen LogP contribution is 2.48. The summed E-state index contributed by atoms with van der Waals surface area (Å²) < 4.78 is 0. The molecule has 3 aromatic heterocycles. The first-order chi connectivity index (χ1) is 14.0. The third kappa shape index (κ3) is 4.73. The third-order valence-electron chi connectivity index (χ3n) is 4.67. The summed E-state index contributed by atoms with van der Waals surface area (Å²) in [5.74, 6) is 0. The maximum atomic E-state index is 11.2. The van der Waals surface area contributed by atoms with Gasteiger partial charge in [0, 0.05) is 21.9 Å². The van der Waals surface area contributed by atoms with Gasteiger partial charge in [0.05, 0.1) is 19.6 Å². The maximum Gasteiger partial charge on any atom is 0.324 e. The van der Waals surface area contributed by atoms with Crippen molar-refractivity contribution in [3.05, 3.63) is 55.6 Å². The first-order valence-electron chi connectivity index (χ1n) is 9.59. The van der Waals surface area contributed by atoms with Crippen molar-refractivity contribution < 1.29 is 9.85 Å². The lowest BCUT2D eigenvalue weighted by Gasteiger charge is -2.07. The third-order valence-corrected chi connectivity index (χ3v) is 8.38. The number of unbranched alkanes of at least 4 members (excludes halogenated alkanes) is 2. The highest BCUT2D eigenvalue weighted by molar-refractivity contribution is 7.28. The summed E-state index contributed by atoms with van der Waals surface area (Å²) >= 11 is 4.02. The molecule has 0 aliphatic rings. The van der Waals surface area contributed by atoms with E-state index in [0.29, 0.717) is 0 Å². The fourth-order valence-electron chi connectivity index (χ4n) is 3.23. The van der Waals surface area contributed by atoms with Gasteiger partial charge in [0.2, 0.25) is 0 Å². The molecule has 0 radical (unpaired) electrons. The predicted octanol–water partition coefficient (Wildman–Crippen LogP) is 7.71. The van der Waals surface area contributed by atoms with Crippen LogP contribution in [0.15, 0.2) is 24.3 Å². The topological polar surface area (TPSA) is 86.3 Å². The number of hydrogen-bond acceptors (Lipinski definition) is 7. The summed E-state index contributed by atoms with van der Waals surface area (Å²) in [6.45, 7) is 4.30. The average molecular weight is 451 g/mol. The molecule has 0 fully saturated rings. The van der Waals surface area contributed by atoms with Crippen molar-refractivity contribution in [3.8, 4) is 19.5 Å². The molecule has 0 N–H and O–H groups in total. The van der Waals surface area contributed by atoms with Crippen molar-refractivity contribution in [2.45, 2.75) is 52.4 Å². The van der Waals surface area contributed by atoms with Gasteiger partial charge >= 0.3 is 10.0 Å². The lowest BCUT2D eigenvalue weighted by Crippen LogP contribution is -1.94. The van der Waals surface area contributed by atoms with Crippen LogP contribution in [-0.2, 0) is 12.8 Å². The standard InChI is InChI=1S/C20H22N2O4S3/c1-3-5-7-13-14(8-6-4-2)20(16-10-12-18(28-16)22(25)26)29-19(13)15-9-11-17(27-15)21(23)24/h9-12H,3-8H2,1-2H3. The molecular weight excluding hydrogens is 428 g/mol. The second-order valence-electron chi connectivity index (χ2n) is 6.71. The monoisotopic (exact) mass is 450 g/mol. The molecule has 0 amide bonds. The number of nitrogens with zero attached hydrogens (tertiary/aromatic N) is 2.